The molecule has 2 aromatic rings. The van der Waals surface area contributed by atoms with Crippen LogP contribution in [0.4, 0.5) is 5.69 Å². The van der Waals surface area contributed by atoms with Crippen LogP contribution in [-0.4, -0.2) is 43.2 Å². The molecule has 4 rings (SSSR count). The molecule has 2 N–H and O–H groups in total. The van der Waals surface area contributed by atoms with Crippen molar-refractivity contribution < 1.29 is 9.59 Å². The van der Waals surface area contributed by atoms with E-state index in [4.69, 9.17) is 0 Å². The van der Waals surface area contributed by atoms with Crippen molar-refractivity contribution in [3.05, 3.63) is 47.5 Å². The van der Waals surface area contributed by atoms with E-state index in [0.29, 0.717) is 16.8 Å². The van der Waals surface area contributed by atoms with Crippen LogP contribution >= 0.6 is 11.8 Å². The van der Waals surface area contributed by atoms with Crippen LogP contribution in [0, 0.1) is 11.3 Å². The molecule has 2 aliphatic rings. The van der Waals surface area contributed by atoms with Crippen molar-refractivity contribution in [2.75, 3.05) is 25.7 Å². The Bertz CT molecular complexity index is 993. The van der Waals surface area contributed by atoms with Gasteiger partial charge in [0.2, 0.25) is 6.41 Å². The Morgan fingerprint density at radius 1 is 1.13 bits per heavy atom. The standard InChI is InChI=1S/C21H21N3OS.C3H7NO/c1-26-17-12-15(14-8-4-2-5-9-14)16(13-22)19-18(17)20(25)24-21(23-19)10-6-3-7-11-21;1-4(2)3-5/h2,4-5,8-9,12,23H,3,6-7,10-11H2,1H3,(H,24,25);3H,1-2H3. The molecular formula is C24H28N4O2S. The fourth-order valence-electron chi connectivity index (χ4n) is 4.09. The predicted octanol–water partition coefficient (Wildman–Crippen LogP) is 4.47. The van der Waals surface area contributed by atoms with Gasteiger partial charge < -0.3 is 15.5 Å². The minimum atomic E-state index is -0.418. The lowest BCUT2D eigenvalue weighted by Crippen LogP contribution is -2.58. The number of nitriles is 1. The van der Waals surface area contributed by atoms with Crippen LogP contribution < -0.4 is 10.6 Å². The molecule has 0 saturated heterocycles. The van der Waals surface area contributed by atoms with E-state index in [0.717, 1.165) is 48.1 Å². The first-order valence-corrected chi connectivity index (χ1v) is 11.6. The summed E-state index contributed by atoms with van der Waals surface area (Å²) in [5, 5.41) is 16.7. The minimum absolute atomic E-state index is 0.0684. The Balaban J connectivity index is 0.000000491. The van der Waals surface area contributed by atoms with Gasteiger partial charge in [-0.05, 0) is 43.6 Å². The zero-order valence-corrected chi connectivity index (χ0v) is 19.0. The lowest BCUT2D eigenvalue weighted by atomic mass is 9.85. The number of fused-ring (bicyclic) bond motifs is 1. The van der Waals surface area contributed by atoms with Crippen LogP contribution in [0.1, 0.15) is 48.0 Å². The Kier molecular flexibility index (Phi) is 7.24. The van der Waals surface area contributed by atoms with Crippen molar-refractivity contribution in [2.45, 2.75) is 42.7 Å². The van der Waals surface area contributed by atoms with Gasteiger partial charge in [-0.1, -0.05) is 36.8 Å². The number of hydrogen-bond donors (Lipinski definition) is 2. The van der Waals surface area contributed by atoms with Crippen molar-refractivity contribution in [3.8, 4) is 17.2 Å². The molecule has 1 spiro atoms. The summed E-state index contributed by atoms with van der Waals surface area (Å²) in [4.78, 5) is 24.8. The molecule has 0 unspecified atom stereocenters. The normalized spacial score (nSPS) is 16.0. The molecule has 162 valence electrons. The summed E-state index contributed by atoms with van der Waals surface area (Å²) < 4.78 is 0. The van der Waals surface area contributed by atoms with E-state index in [1.165, 1.54) is 11.3 Å². The van der Waals surface area contributed by atoms with Gasteiger partial charge in [0.05, 0.1) is 16.8 Å². The Labute approximate surface area is 188 Å². The molecule has 1 fully saturated rings. The zero-order valence-electron chi connectivity index (χ0n) is 18.2. The summed E-state index contributed by atoms with van der Waals surface area (Å²) in [5.74, 6) is -0.0684. The zero-order chi connectivity index (χ0) is 22.4. The smallest absolute Gasteiger partial charge is 0.256 e. The molecule has 1 aliphatic heterocycles. The molecule has 2 aromatic carbocycles. The molecule has 0 radical (unpaired) electrons. The van der Waals surface area contributed by atoms with Gasteiger partial charge >= 0.3 is 0 Å². The Morgan fingerprint density at radius 3 is 2.32 bits per heavy atom. The fourth-order valence-corrected chi connectivity index (χ4v) is 4.72. The highest BCUT2D eigenvalue weighted by atomic mass is 32.2. The van der Waals surface area contributed by atoms with Crippen LogP contribution in [-0.2, 0) is 4.79 Å². The van der Waals surface area contributed by atoms with E-state index in [2.05, 4.69) is 16.7 Å². The number of nitrogens with zero attached hydrogens (tertiary/aromatic N) is 2. The number of nitrogens with one attached hydrogen (secondary N) is 2. The molecule has 31 heavy (non-hydrogen) atoms. The van der Waals surface area contributed by atoms with Crippen LogP contribution in [0.15, 0.2) is 41.3 Å². The second-order valence-corrected chi connectivity index (χ2v) is 8.87. The topological polar surface area (TPSA) is 85.2 Å². The summed E-state index contributed by atoms with van der Waals surface area (Å²) in [6, 6.07) is 14.2. The van der Waals surface area contributed by atoms with Crippen molar-refractivity contribution in [3.63, 3.8) is 0 Å². The molecule has 0 atom stereocenters. The van der Waals surface area contributed by atoms with Gasteiger partial charge in [0.15, 0.2) is 0 Å². The van der Waals surface area contributed by atoms with Crippen molar-refractivity contribution >= 4 is 29.8 Å². The molecule has 2 amide bonds. The maximum absolute atomic E-state index is 13.0. The number of hydrogen-bond acceptors (Lipinski definition) is 5. The van der Waals surface area contributed by atoms with Gasteiger partial charge in [-0.25, -0.2) is 0 Å². The number of anilines is 1. The Hall–Kier alpha value is -2.98. The number of benzene rings is 2. The number of rotatable bonds is 3. The van der Waals surface area contributed by atoms with Gasteiger partial charge in [0, 0.05) is 24.6 Å². The highest BCUT2D eigenvalue weighted by Gasteiger charge is 2.41. The van der Waals surface area contributed by atoms with E-state index in [-0.39, 0.29) is 5.91 Å². The average molecular weight is 437 g/mol. The molecule has 7 heteroatoms. The quantitative estimate of drug-likeness (QED) is 0.548. The molecule has 1 heterocycles. The summed E-state index contributed by atoms with van der Waals surface area (Å²) in [7, 11) is 3.38. The molecule has 0 aromatic heterocycles. The third-order valence-electron chi connectivity index (χ3n) is 5.57. The predicted molar refractivity (Wildman–Crippen MR) is 125 cm³/mol. The first-order chi connectivity index (χ1) is 14.9. The van der Waals surface area contributed by atoms with Gasteiger partial charge in [0.1, 0.15) is 11.7 Å². The maximum Gasteiger partial charge on any atom is 0.256 e. The van der Waals surface area contributed by atoms with Gasteiger partial charge in [-0.15, -0.1) is 11.8 Å². The van der Waals surface area contributed by atoms with E-state index in [1.54, 1.807) is 25.9 Å². The average Bonchev–Trinajstić information content (AvgIpc) is 2.79. The molecule has 1 aliphatic carbocycles. The molecular weight excluding hydrogens is 408 g/mol. The third-order valence-corrected chi connectivity index (χ3v) is 6.33. The van der Waals surface area contributed by atoms with Crippen LogP contribution in [0.2, 0.25) is 0 Å². The van der Waals surface area contributed by atoms with Gasteiger partial charge in [0.25, 0.3) is 5.91 Å². The van der Waals surface area contributed by atoms with Crippen molar-refractivity contribution in [1.82, 2.24) is 10.2 Å². The molecule has 0 bridgehead atoms. The van der Waals surface area contributed by atoms with Gasteiger partial charge in [-0.2, -0.15) is 5.26 Å². The lowest BCUT2D eigenvalue weighted by Gasteiger charge is -2.44. The molecule has 1 saturated carbocycles. The van der Waals surface area contributed by atoms with E-state index >= 15 is 0 Å². The lowest BCUT2D eigenvalue weighted by molar-refractivity contribution is -0.115. The monoisotopic (exact) mass is 436 g/mol. The van der Waals surface area contributed by atoms with Crippen LogP contribution in [0.25, 0.3) is 11.1 Å². The SMILES string of the molecule is CN(C)C=O.CSc1cc(-c2ccccc2)c(C#N)c2c1C(=O)NC1(CCCCC1)N2. The Morgan fingerprint density at radius 2 is 1.77 bits per heavy atom. The summed E-state index contributed by atoms with van der Waals surface area (Å²) >= 11 is 1.54. The van der Waals surface area contributed by atoms with Crippen molar-refractivity contribution in [2.24, 2.45) is 0 Å². The van der Waals surface area contributed by atoms with Crippen LogP contribution in [0.3, 0.4) is 0 Å². The second-order valence-electron chi connectivity index (χ2n) is 8.02. The minimum Gasteiger partial charge on any atom is -0.361 e. The molecule has 6 nitrogen and oxygen atoms in total. The largest absolute Gasteiger partial charge is 0.361 e. The van der Waals surface area contributed by atoms with E-state index < -0.39 is 5.66 Å². The maximum atomic E-state index is 13.0. The number of carbonyl (C=O) groups is 2. The van der Waals surface area contributed by atoms with Crippen LogP contribution in [0.5, 0.6) is 0 Å². The number of carbonyl (C=O) groups excluding carboxylic acids is 2. The second kappa shape index (κ2) is 9.88. The highest BCUT2D eigenvalue weighted by molar-refractivity contribution is 7.98. The summed E-state index contributed by atoms with van der Waals surface area (Å²) in [6.45, 7) is 0. The summed E-state index contributed by atoms with van der Waals surface area (Å²) in [5.41, 5.74) is 3.31. The highest BCUT2D eigenvalue weighted by Crippen LogP contribution is 2.43. The number of thioether (sulfide) groups is 1. The van der Waals surface area contributed by atoms with E-state index in [1.807, 2.05) is 42.7 Å². The third kappa shape index (κ3) is 4.86. The first-order valence-electron chi connectivity index (χ1n) is 10.4. The number of amides is 2. The first kappa shape index (κ1) is 22.7. The summed E-state index contributed by atoms with van der Waals surface area (Å²) in [6.07, 6.45) is 7.86. The fraction of sp³-hybridized carbons (Fsp3) is 0.375. The van der Waals surface area contributed by atoms with E-state index in [9.17, 15) is 14.9 Å². The van der Waals surface area contributed by atoms with Crippen molar-refractivity contribution in [1.29, 1.82) is 5.26 Å². The van der Waals surface area contributed by atoms with Gasteiger partial charge in [-0.3, -0.25) is 9.59 Å².